The molecule has 0 radical (unpaired) electrons. The normalized spacial score (nSPS) is 11.3. The van der Waals surface area contributed by atoms with Crippen LogP contribution in [0.5, 0.6) is 0 Å². The third kappa shape index (κ3) is 5.57. The molecule has 0 spiro atoms. The number of unbranched alkanes of at least 4 members (excludes halogenated alkanes) is 1. The van der Waals surface area contributed by atoms with Gasteiger partial charge in [-0.1, -0.05) is 36.5 Å². The van der Waals surface area contributed by atoms with E-state index in [9.17, 15) is 8.42 Å². The molecule has 2 rings (SSSR count). The largest absolute Gasteiger partial charge is 0.353 e. The first kappa shape index (κ1) is 17.8. The molecular weight excluding hydrogens is 357 g/mol. The lowest BCUT2D eigenvalue weighted by Crippen LogP contribution is -2.17. The fourth-order valence-electron chi connectivity index (χ4n) is 1.82. The molecule has 0 atom stereocenters. The Morgan fingerprint density at radius 2 is 1.96 bits per heavy atom. The Hall–Kier alpha value is -1.50. The molecule has 0 saturated carbocycles. The second-order valence-corrected chi connectivity index (χ2v) is 7.64. The van der Waals surface area contributed by atoms with Gasteiger partial charge in [0.1, 0.15) is 5.82 Å². The van der Waals surface area contributed by atoms with Crippen molar-refractivity contribution in [1.29, 1.82) is 0 Å². The highest BCUT2D eigenvalue weighted by Gasteiger charge is 2.10. The van der Waals surface area contributed by atoms with Crippen LogP contribution in [0.2, 0.25) is 10.0 Å². The van der Waals surface area contributed by atoms with E-state index in [4.69, 9.17) is 23.2 Å². The number of hydrogen-bond donors (Lipinski definition) is 2. The number of rotatable bonds is 7. The second kappa shape index (κ2) is 7.86. The molecular formula is C15H17Cl2N3O2S. The SMILES string of the molecule is CCCCS(=O)(=O)Nc1ccc(Nc2cc(Cl)ccc2Cl)cn1. The predicted octanol–water partition coefficient (Wildman–Crippen LogP) is 4.67. The quantitative estimate of drug-likeness (QED) is 0.739. The van der Waals surface area contributed by atoms with Crippen LogP contribution in [-0.2, 0) is 10.0 Å². The minimum absolute atomic E-state index is 0.0866. The number of pyridine rings is 1. The Labute approximate surface area is 146 Å². The van der Waals surface area contributed by atoms with Crippen molar-refractivity contribution in [3.8, 4) is 0 Å². The van der Waals surface area contributed by atoms with Crippen LogP contribution in [0.1, 0.15) is 19.8 Å². The van der Waals surface area contributed by atoms with Gasteiger partial charge < -0.3 is 5.32 Å². The van der Waals surface area contributed by atoms with Gasteiger partial charge in [-0.25, -0.2) is 13.4 Å². The van der Waals surface area contributed by atoms with Crippen molar-refractivity contribution in [2.75, 3.05) is 15.8 Å². The maximum atomic E-state index is 11.8. The molecule has 2 aromatic rings. The molecule has 23 heavy (non-hydrogen) atoms. The summed E-state index contributed by atoms with van der Waals surface area (Å²) in [5.41, 5.74) is 1.32. The van der Waals surface area contributed by atoms with Crippen molar-refractivity contribution in [3.05, 3.63) is 46.6 Å². The van der Waals surface area contributed by atoms with Crippen LogP contribution in [0.25, 0.3) is 0 Å². The third-order valence-corrected chi connectivity index (χ3v) is 4.91. The zero-order chi connectivity index (χ0) is 16.9. The van der Waals surface area contributed by atoms with Crippen LogP contribution in [-0.4, -0.2) is 19.2 Å². The van der Waals surface area contributed by atoms with E-state index in [0.717, 1.165) is 6.42 Å². The summed E-state index contributed by atoms with van der Waals surface area (Å²) in [6, 6.07) is 8.38. The van der Waals surface area contributed by atoms with Gasteiger partial charge in [-0.3, -0.25) is 4.72 Å². The number of nitrogens with zero attached hydrogens (tertiary/aromatic N) is 1. The van der Waals surface area contributed by atoms with Gasteiger partial charge >= 0.3 is 0 Å². The molecule has 5 nitrogen and oxygen atoms in total. The van der Waals surface area contributed by atoms with Gasteiger partial charge in [-0.15, -0.1) is 0 Å². The summed E-state index contributed by atoms with van der Waals surface area (Å²) in [7, 11) is -3.35. The van der Waals surface area contributed by atoms with E-state index < -0.39 is 10.0 Å². The van der Waals surface area contributed by atoms with Crippen molar-refractivity contribution in [2.24, 2.45) is 0 Å². The van der Waals surface area contributed by atoms with Crippen molar-refractivity contribution in [1.82, 2.24) is 4.98 Å². The van der Waals surface area contributed by atoms with Gasteiger partial charge in [-0.2, -0.15) is 0 Å². The lowest BCUT2D eigenvalue weighted by atomic mass is 10.3. The molecule has 2 N–H and O–H groups in total. The molecule has 0 aliphatic heterocycles. The summed E-state index contributed by atoms with van der Waals surface area (Å²) in [4.78, 5) is 4.09. The molecule has 1 aromatic carbocycles. The summed E-state index contributed by atoms with van der Waals surface area (Å²) < 4.78 is 26.1. The first-order valence-electron chi connectivity index (χ1n) is 7.08. The zero-order valence-electron chi connectivity index (χ0n) is 12.5. The van der Waals surface area contributed by atoms with Crippen LogP contribution in [0, 0.1) is 0 Å². The number of anilines is 3. The van der Waals surface area contributed by atoms with Crippen molar-refractivity contribution < 1.29 is 8.42 Å². The number of nitrogens with one attached hydrogen (secondary N) is 2. The molecule has 1 aromatic heterocycles. The average Bonchev–Trinajstić information content (AvgIpc) is 2.51. The van der Waals surface area contributed by atoms with E-state index in [1.807, 2.05) is 6.92 Å². The van der Waals surface area contributed by atoms with E-state index >= 15 is 0 Å². The van der Waals surface area contributed by atoms with Crippen LogP contribution < -0.4 is 10.0 Å². The average molecular weight is 374 g/mol. The van der Waals surface area contributed by atoms with E-state index in [-0.39, 0.29) is 11.6 Å². The molecule has 8 heteroatoms. The molecule has 0 amide bonds. The van der Waals surface area contributed by atoms with E-state index in [2.05, 4.69) is 15.0 Å². The maximum Gasteiger partial charge on any atom is 0.233 e. The Balaban J connectivity index is 2.06. The standard InChI is InChI=1S/C15H17Cl2N3O2S/c1-2-3-8-23(21,22)20-15-7-5-12(10-18-15)19-14-9-11(16)4-6-13(14)17/h4-7,9-10,19H,2-3,8H2,1H3,(H,18,20). The number of halogens is 2. The highest BCUT2D eigenvalue weighted by Crippen LogP contribution is 2.28. The minimum Gasteiger partial charge on any atom is -0.353 e. The number of aromatic nitrogens is 1. The van der Waals surface area contributed by atoms with Crippen molar-refractivity contribution in [3.63, 3.8) is 0 Å². The molecule has 124 valence electrons. The first-order valence-corrected chi connectivity index (χ1v) is 9.49. The third-order valence-electron chi connectivity index (χ3n) is 3.00. The molecule has 0 saturated heterocycles. The van der Waals surface area contributed by atoms with E-state index in [1.165, 1.54) is 6.20 Å². The summed E-state index contributed by atoms with van der Waals surface area (Å²) in [5, 5.41) is 4.17. The predicted molar refractivity (Wildman–Crippen MR) is 96.3 cm³/mol. The van der Waals surface area contributed by atoms with Crippen LogP contribution in [0.3, 0.4) is 0 Å². The highest BCUT2D eigenvalue weighted by atomic mass is 35.5. The number of sulfonamides is 1. The fourth-order valence-corrected chi connectivity index (χ4v) is 3.37. The summed E-state index contributed by atoms with van der Waals surface area (Å²) >= 11 is 12.0. The molecule has 1 heterocycles. The van der Waals surface area contributed by atoms with Crippen molar-refractivity contribution in [2.45, 2.75) is 19.8 Å². The number of hydrogen-bond acceptors (Lipinski definition) is 4. The maximum absolute atomic E-state index is 11.8. The molecule has 0 bridgehead atoms. The van der Waals surface area contributed by atoms with Crippen LogP contribution in [0.4, 0.5) is 17.2 Å². The van der Waals surface area contributed by atoms with E-state index in [0.29, 0.717) is 27.8 Å². The Morgan fingerprint density at radius 3 is 2.61 bits per heavy atom. The Bertz CT molecular complexity index is 765. The fraction of sp³-hybridized carbons (Fsp3) is 0.267. The van der Waals surface area contributed by atoms with Crippen molar-refractivity contribution >= 4 is 50.4 Å². The van der Waals surface area contributed by atoms with Gasteiger partial charge in [0.05, 0.1) is 28.3 Å². The first-order chi connectivity index (χ1) is 10.9. The molecule has 0 unspecified atom stereocenters. The van der Waals surface area contributed by atoms with Gasteiger partial charge in [0.15, 0.2) is 0 Å². The zero-order valence-corrected chi connectivity index (χ0v) is 14.8. The molecule has 0 fully saturated rings. The smallest absolute Gasteiger partial charge is 0.233 e. The molecule has 0 aliphatic rings. The van der Waals surface area contributed by atoms with Gasteiger partial charge in [-0.05, 0) is 36.8 Å². The summed E-state index contributed by atoms with van der Waals surface area (Å²) in [5.74, 6) is 0.368. The Morgan fingerprint density at radius 1 is 1.17 bits per heavy atom. The number of benzene rings is 1. The van der Waals surface area contributed by atoms with Gasteiger partial charge in [0.25, 0.3) is 0 Å². The Kier molecular flexibility index (Phi) is 6.10. The van der Waals surface area contributed by atoms with Gasteiger partial charge in [0, 0.05) is 5.02 Å². The van der Waals surface area contributed by atoms with Gasteiger partial charge in [0.2, 0.25) is 10.0 Å². The monoisotopic (exact) mass is 373 g/mol. The summed E-state index contributed by atoms with van der Waals surface area (Å²) in [6.07, 6.45) is 2.95. The highest BCUT2D eigenvalue weighted by molar-refractivity contribution is 7.92. The topological polar surface area (TPSA) is 71.1 Å². The molecule has 0 aliphatic carbocycles. The summed E-state index contributed by atoms with van der Waals surface area (Å²) in [6.45, 7) is 1.94. The lowest BCUT2D eigenvalue weighted by molar-refractivity contribution is 0.597. The van der Waals surface area contributed by atoms with E-state index in [1.54, 1.807) is 30.3 Å². The second-order valence-electron chi connectivity index (χ2n) is 4.96. The van der Waals surface area contributed by atoms with Crippen LogP contribution >= 0.6 is 23.2 Å². The minimum atomic E-state index is -3.35. The van der Waals surface area contributed by atoms with Crippen LogP contribution in [0.15, 0.2) is 36.5 Å². The lowest BCUT2D eigenvalue weighted by Gasteiger charge is -2.10.